The van der Waals surface area contributed by atoms with E-state index in [0.29, 0.717) is 6.61 Å². The minimum absolute atomic E-state index is 0.631. The lowest BCUT2D eigenvalue weighted by molar-refractivity contribution is -0.197. The molecule has 1 aromatic rings. The Kier molecular flexibility index (Phi) is 2.55. The first kappa shape index (κ1) is 9.28. The summed E-state index contributed by atoms with van der Waals surface area (Å²) in [7, 11) is 0. The Morgan fingerprint density at radius 2 is 2.00 bits per heavy atom. The van der Waals surface area contributed by atoms with Crippen LogP contribution in [0.4, 0.5) is 0 Å². The monoisotopic (exact) mass is 190 g/mol. The number of rotatable bonds is 1. The van der Waals surface area contributed by atoms with E-state index in [1.807, 2.05) is 43.3 Å². The van der Waals surface area contributed by atoms with Gasteiger partial charge in [-0.3, -0.25) is 0 Å². The van der Waals surface area contributed by atoms with Crippen molar-refractivity contribution in [2.45, 2.75) is 19.1 Å². The Morgan fingerprint density at radius 3 is 2.79 bits per heavy atom. The van der Waals surface area contributed by atoms with Crippen LogP contribution in [0.25, 0.3) is 0 Å². The van der Waals surface area contributed by atoms with E-state index in [9.17, 15) is 0 Å². The van der Waals surface area contributed by atoms with Crippen LogP contribution < -0.4 is 0 Å². The van der Waals surface area contributed by atoms with E-state index in [4.69, 9.17) is 9.47 Å². The molecule has 0 saturated heterocycles. The second-order valence-corrected chi connectivity index (χ2v) is 3.44. The Labute approximate surface area is 84.2 Å². The third-order valence-electron chi connectivity index (χ3n) is 2.35. The maximum absolute atomic E-state index is 5.69. The smallest absolute Gasteiger partial charge is 0.233 e. The van der Waals surface area contributed by atoms with Gasteiger partial charge in [-0.05, 0) is 12.5 Å². The first-order valence-electron chi connectivity index (χ1n) is 4.83. The summed E-state index contributed by atoms with van der Waals surface area (Å²) in [6.07, 6.45) is 4.61. The zero-order valence-corrected chi connectivity index (χ0v) is 8.27. The molecule has 1 heterocycles. The van der Waals surface area contributed by atoms with Gasteiger partial charge in [-0.25, -0.2) is 0 Å². The molecule has 0 radical (unpaired) electrons. The Hall–Kier alpha value is -1.28. The molecule has 1 atom stereocenters. The molecule has 2 nitrogen and oxygen atoms in total. The summed E-state index contributed by atoms with van der Waals surface area (Å²) in [5, 5.41) is 0. The molecule has 1 aliphatic rings. The summed E-state index contributed by atoms with van der Waals surface area (Å²) in [4.78, 5) is 0. The van der Waals surface area contributed by atoms with Crippen molar-refractivity contribution in [2.24, 2.45) is 0 Å². The molecule has 2 heteroatoms. The highest BCUT2D eigenvalue weighted by Gasteiger charge is 2.28. The first-order valence-corrected chi connectivity index (χ1v) is 4.83. The minimum atomic E-state index is -0.631. The summed E-state index contributed by atoms with van der Waals surface area (Å²) < 4.78 is 11.3. The second kappa shape index (κ2) is 3.84. The lowest BCUT2D eigenvalue weighted by atomic mass is 10.1. The predicted molar refractivity (Wildman–Crippen MR) is 54.6 cm³/mol. The van der Waals surface area contributed by atoms with Gasteiger partial charge in [0, 0.05) is 12.5 Å². The fourth-order valence-corrected chi connectivity index (χ4v) is 1.49. The zero-order chi connectivity index (χ0) is 9.86. The molecule has 0 aromatic heterocycles. The largest absolute Gasteiger partial charge is 0.466 e. The van der Waals surface area contributed by atoms with Gasteiger partial charge in [0.2, 0.25) is 5.79 Å². The fraction of sp³-hybridized carbons (Fsp3) is 0.333. The highest BCUT2D eigenvalue weighted by atomic mass is 16.7. The van der Waals surface area contributed by atoms with Crippen LogP contribution in [0.5, 0.6) is 0 Å². The Balaban J connectivity index is 2.26. The number of ether oxygens (including phenoxy) is 2. The van der Waals surface area contributed by atoms with Crippen molar-refractivity contribution in [3.05, 3.63) is 48.2 Å². The molecule has 2 rings (SSSR count). The highest BCUT2D eigenvalue weighted by molar-refractivity contribution is 5.20. The average molecular weight is 190 g/mol. The van der Waals surface area contributed by atoms with Crippen LogP contribution >= 0.6 is 0 Å². The van der Waals surface area contributed by atoms with E-state index >= 15 is 0 Å². The van der Waals surface area contributed by atoms with E-state index < -0.39 is 5.79 Å². The molecule has 0 saturated carbocycles. The van der Waals surface area contributed by atoms with Gasteiger partial charge in [-0.1, -0.05) is 30.3 Å². The summed E-state index contributed by atoms with van der Waals surface area (Å²) in [6.45, 7) is 2.64. The van der Waals surface area contributed by atoms with Gasteiger partial charge in [0.15, 0.2) is 0 Å². The van der Waals surface area contributed by atoms with E-state index in [2.05, 4.69) is 0 Å². The van der Waals surface area contributed by atoms with Crippen LogP contribution in [0.1, 0.15) is 18.9 Å². The van der Waals surface area contributed by atoms with E-state index in [-0.39, 0.29) is 0 Å². The molecule has 0 spiro atoms. The van der Waals surface area contributed by atoms with Crippen molar-refractivity contribution in [1.29, 1.82) is 0 Å². The van der Waals surface area contributed by atoms with Gasteiger partial charge < -0.3 is 9.47 Å². The van der Waals surface area contributed by atoms with Crippen LogP contribution in [0.3, 0.4) is 0 Å². The molecule has 1 unspecified atom stereocenters. The topological polar surface area (TPSA) is 18.5 Å². The standard InChI is InChI=1S/C12H14O2/c1-12(11-7-3-2-4-8-11)13-9-5-6-10-14-12/h2-5,7-9H,6,10H2,1H3. The van der Waals surface area contributed by atoms with Crippen LogP contribution in [0.15, 0.2) is 42.7 Å². The maximum Gasteiger partial charge on any atom is 0.233 e. The summed E-state index contributed by atoms with van der Waals surface area (Å²) >= 11 is 0. The molecule has 0 amide bonds. The van der Waals surface area contributed by atoms with Crippen LogP contribution in [0.2, 0.25) is 0 Å². The number of hydrogen-bond donors (Lipinski definition) is 0. The quantitative estimate of drug-likeness (QED) is 0.678. The van der Waals surface area contributed by atoms with Crippen molar-refractivity contribution < 1.29 is 9.47 Å². The minimum Gasteiger partial charge on any atom is -0.466 e. The molecule has 0 fully saturated rings. The Bertz CT molecular complexity index is 318. The fourth-order valence-electron chi connectivity index (χ4n) is 1.49. The molecule has 0 aliphatic carbocycles. The van der Waals surface area contributed by atoms with Crippen molar-refractivity contribution in [1.82, 2.24) is 0 Å². The normalized spacial score (nSPS) is 26.6. The summed E-state index contributed by atoms with van der Waals surface area (Å²) in [6, 6.07) is 9.99. The Morgan fingerprint density at radius 1 is 1.21 bits per heavy atom. The second-order valence-electron chi connectivity index (χ2n) is 3.44. The van der Waals surface area contributed by atoms with E-state index in [0.717, 1.165) is 12.0 Å². The predicted octanol–water partition coefficient (Wildman–Crippen LogP) is 2.81. The van der Waals surface area contributed by atoms with Gasteiger partial charge in [0.25, 0.3) is 0 Å². The average Bonchev–Trinajstić information content (AvgIpc) is 2.46. The molecule has 0 bridgehead atoms. The van der Waals surface area contributed by atoms with Crippen molar-refractivity contribution in [3.63, 3.8) is 0 Å². The number of hydrogen-bond acceptors (Lipinski definition) is 2. The van der Waals surface area contributed by atoms with E-state index in [1.54, 1.807) is 6.26 Å². The molecule has 0 N–H and O–H groups in total. The van der Waals surface area contributed by atoms with Crippen molar-refractivity contribution in [3.8, 4) is 0 Å². The molecular weight excluding hydrogens is 176 g/mol. The molecule has 14 heavy (non-hydrogen) atoms. The van der Waals surface area contributed by atoms with Crippen LogP contribution in [0, 0.1) is 0 Å². The molecule has 1 aromatic carbocycles. The lowest BCUT2D eigenvalue weighted by Gasteiger charge is -2.28. The summed E-state index contributed by atoms with van der Waals surface area (Å²) in [5.41, 5.74) is 1.05. The number of benzene rings is 1. The lowest BCUT2D eigenvalue weighted by Crippen LogP contribution is -2.27. The summed E-state index contributed by atoms with van der Waals surface area (Å²) in [5.74, 6) is -0.631. The van der Waals surface area contributed by atoms with Gasteiger partial charge >= 0.3 is 0 Å². The van der Waals surface area contributed by atoms with E-state index in [1.165, 1.54) is 0 Å². The van der Waals surface area contributed by atoms with Gasteiger partial charge in [-0.15, -0.1) is 0 Å². The molecular formula is C12H14O2. The molecule has 1 aliphatic heterocycles. The SMILES string of the molecule is CC1(c2ccccc2)OC=CCCO1. The first-order chi connectivity index (χ1) is 6.81. The van der Waals surface area contributed by atoms with Gasteiger partial charge in [-0.2, -0.15) is 0 Å². The molecule has 74 valence electrons. The van der Waals surface area contributed by atoms with Crippen molar-refractivity contribution in [2.75, 3.05) is 6.61 Å². The van der Waals surface area contributed by atoms with Crippen LogP contribution in [-0.2, 0) is 15.3 Å². The van der Waals surface area contributed by atoms with Gasteiger partial charge in [0.1, 0.15) is 0 Å². The third-order valence-corrected chi connectivity index (χ3v) is 2.35. The van der Waals surface area contributed by atoms with Crippen molar-refractivity contribution >= 4 is 0 Å². The zero-order valence-electron chi connectivity index (χ0n) is 8.27. The van der Waals surface area contributed by atoms with Crippen LogP contribution in [-0.4, -0.2) is 6.61 Å². The van der Waals surface area contributed by atoms with Gasteiger partial charge in [0.05, 0.1) is 12.9 Å². The highest BCUT2D eigenvalue weighted by Crippen LogP contribution is 2.28. The third kappa shape index (κ3) is 1.80. The maximum atomic E-state index is 5.69.